The Morgan fingerprint density at radius 1 is 1.15 bits per heavy atom. The molecule has 0 radical (unpaired) electrons. The Bertz CT molecular complexity index is 1260. The van der Waals surface area contributed by atoms with Crippen molar-refractivity contribution >= 4 is 28.3 Å². The Kier molecular flexibility index (Phi) is 5.95. The number of amides is 1. The zero-order valence-corrected chi connectivity index (χ0v) is 20.2. The molecule has 2 aliphatic rings. The molecule has 34 heavy (non-hydrogen) atoms. The number of carbonyl (C=O) groups is 1. The zero-order chi connectivity index (χ0) is 23.9. The van der Waals surface area contributed by atoms with Crippen molar-refractivity contribution in [3.63, 3.8) is 0 Å². The molecule has 5 rings (SSSR count). The van der Waals surface area contributed by atoms with Gasteiger partial charge in [0.05, 0.1) is 17.4 Å². The molecule has 1 N–H and O–H groups in total. The topological polar surface area (TPSA) is 86.6 Å². The van der Waals surface area contributed by atoms with Gasteiger partial charge in [0.1, 0.15) is 0 Å². The number of benzene rings is 2. The van der Waals surface area contributed by atoms with Crippen molar-refractivity contribution in [1.82, 2.24) is 14.9 Å². The van der Waals surface area contributed by atoms with Crippen LogP contribution >= 0.6 is 0 Å². The van der Waals surface area contributed by atoms with Gasteiger partial charge in [0, 0.05) is 65.4 Å². The molecule has 1 unspecified atom stereocenters. The molecule has 1 amide bonds. The summed E-state index contributed by atoms with van der Waals surface area (Å²) in [5, 5.41) is 9.18. The molecule has 1 aliphatic carbocycles. The number of anilines is 2. The average Bonchev–Trinajstić information content (AvgIpc) is 3.59. The van der Waals surface area contributed by atoms with Gasteiger partial charge < -0.3 is 14.9 Å². The minimum Gasteiger partial charge on any atom is -0.395 e. The van der Waals surface area contributed by atoms with E-state index in [0.29, 0.717) is 23.8 Å². The minimum atomic E-state index is -1.01. The predicted molar refractivity (Wildman–Crippen MR) is 133 cm³/mol. The van der Waals surface area contributed by atoms with E-state index in [1.54, 1.807) is 19.4 Å². The summed E-state index contributed by atoms with van der Waals surface area (Å²) in [6.07, 6.45) is 5.84. The van der Waals surface area contributed by atoms with Crippen molar-refractivity contribution in [2.75, 3.05) is 37.4 Å². The van der Waals surface area contributed by atoms with Crippen molar-refractivity contribution in [2.45, 2.75) is 30.1 Å². The Labute approximate surface area is 201 Å². The second-order valence-corrected chi connectivity index (χ2v) is 10.7. The number of nitrogens with zero attached hydrogens (tertiary/aromatic N) is 4. The molecule has 1 atom stereocenters. The Morgan fingerprint density at radius 3 is 2.59 bits per heavy atom. The molecule has 1 aromatic heterocycles. The fourth-order valence-corrected chi connectivity index (χ4v) is 5.45. The highest BCUT2D eigenvalue weighted by Crippen LogP contribution is 2.57. The maximum Gasteiger partial charge on any atom is 0.253 e. The van der Waals surface area contributed by atoms with Gasteiger partial charge in [-0.1, -0.05) is 25.1 Å². The van der Waals surface area contributed by atoms with E-state index in [0.717, 1.165) is 41.1 Å². The zero-order valence-electron chi connectivity index (χ0n) is 19.4. The van der Waals surface area contributed by atoms with Crippen LogP contribution < -0.4 is 4.90 Å². The molecule has 0 bridgehead atoms. The molecule has 2 heterocycles. The largest absolute Gasteiger partial charge is 0.395 e. The first-order chi connectivity index (χ1) is 16.5. The lowest BCUT2D eigenvalue weighted by atomic mass is 9.97. The first-order valence-corrected chi connectivity index (χ1v) is 12.9. The summed E-state index contributed by atoms with van der Waals surface area (Å²) in [7, 11) is 0.681. The summed E-state index contributed by atoms with van der Waals surface area (Å²) in [6.45, 7) is 2.93. The fraction of sp³-hybridized carbons (Fsp3) is 0.346. The van der Waals surface area contributed by atoms with Crippen LogP contribution in [0, 0.1) is 0 Å². The van der Waals surface area contributed by atoms with Crippen LogP contribution in [0.4, 0.5) is 11.6 Å². The molecule has 2 aromatic carbocycles. The summed E-state index contributed by atoms with van der Waals surface area (Å²) in [6, 6.07) is 13.6. The van der Waals surface area contributed by atoms with Gasteiger partial charge in [0.25, 0.3) is 5.91 Å². The van der Waals surface area contributed by atoms with Gasteiger partial charge in [-0.05, 0) is 48.2 Å². The smallest absolute Gasteiger partial charge is 0.253 e. The number of likely N-dealkylation sites (N-methyl/N-ethyl adjacent to an activating group) is 1. The van der Waals surface area contributed by atoms with E-state index in [2.05, 4.69) is 20.9 Å². The molecule has 1 aliphatic heterocycles. The maximum atomic E-state index is 12.8. The van der Waals surface area contributed by atoms with Crippen LogP contribution in [-0.4, -0.2) is 62.6 Å². The number of aromatic nitrogens is 2. The van der Waals surface area contributed by atoms with E-state index >= 15 is 0 Å². The summed E-state index contributed by atoms with van der Waals surface area (Å²) in [4.78, 5) is 26.6. The van der Waals surface area contributed by atoms with Gasteiger partial charge in [0.2, 0.25) is 5.95 Å². The molecule has 8 heteroatoms. The summed E-state index contributed by atoms with van der Waals surface area (Å²) < 4.78 is 12.2. The van der Waals surface area contributed by atoms with E-state index in [1.807, 2.05) is 43.3 Å². The maximum absolute atomic E-state index is 12.8. The number of hydrogen-bond donors (Lipinski definition) is 1. The van der Waals surface area contributed by atoms with E-state index < -0.39 is 10.8 Å². The number of carbonyl (C=O) groups excluding carboxylic acids is 1. The molecule has 1 saturated carbocycles. The molecule has 3 aromatic rings. The number of fused-ring (bicyclic) bond motifs is 2. The van der Waals surface area contributed by atoms with Gasteiger partial charge >= 0.3 is 0 Å². The summed E-state index contributed by atoms with van der Waals surface area (Å²) >= 11 is 0. The summed E-state index contributed by atoms with van der Waals surface area (Å²) in [5.74, 6) is 1.07. The van der Waals surface area contributed by atoms with Gasteiger partial charge in [0.15, 0.2) is 0 Å². The predicted octanol–water partition coefficient (Wildman–Crippen LogP) is 3.52. The second-order valence-electron chi connectivity index (χ2n) is 8.98. The van der Waals surface area contributed by atoms with Crippen LogP contribution in [0.25, 0.3) is 11.1 Å². The SMILES string of the molecule is CCS(=O)c1cccc(-c2cnc(N3CC4(CC4)c4ccc(C(=O)N(C)CCO)cc43)nc2)c1. The highest BCUT2D eigenvalue weighted by Gasteiger charge is 2.52. The highest BCUT2D eigenvalue weighted by atomic mass is 32.2. The minimum absolute atomic E-state index is 0.0696. The van der Waals surface area contributed by atoms with E-state index in [1.165, 1.54) is 10.5 Å². The lowest BCUT2D eigenvalue weighted by Gasteiger charge is -2.20. The fourth-order valence-electron chi connectivity index (χ4n) is 4.63. The number of aliphatic hydroxyl groups excluding tert-OH is 1. The van der Waals surface area contributed by atoms with Crippen LogP contribution in [0.2, 0.25) is 0 Å². The number of rotatable bonds is 7. The number of aliphatic hydroxyl groups is 1. The lowest BCUT2D eigenvalue weighted by molar-refractivity contribution is 0.0767. The molecule has 0 saturated heterocycles. The Morgan fingerprint density at radius 2 is 1.91 bits per heavy atom. The third kappa shape index (κ3) is 4.01. The van der Waals surface area contributed by atoms with Gasteiger partial charge in [-0.2, -0.15) is 0 Å². The van der Waals surface area contributed by atoms with Crippen molar-refractivity contribution < 1.29 is 14.1 Å². The Hall–Kier alpha value is -3.10. The molecular weight excluding hydrogens is 448 g/mol. The quantitative estimate of drug-likeness (QED) is 0.562. The van der Waals surface area contributed by atoms with Crippen LogP contribution in [0.1, 0.15) is 35.7 Å². The van der Waals surface area contributed by atoms with Crippen molar-refractivity contribution in [3.8, 4) is 11.1 Å². The summed E-state index contributed by atoms with van der Waals surface area (Å²) in [5.41, 5.74) is 4.74. The number of hydrogen-bond acceptors (Lipinski definition) is 6. The first-order valence-electron chi connectivity index (χ1n) is 11.5. The van der Waals surface area contributed by atoms with Crippen LogP contribution in [0.15, 0.2) is 59.8 Å². The Balaban J connectivity index is 1.45. The average molecular weight is 477 g/mol. The molecule has 7 nitrogen and oxygen atoms in total. The van der Waals surface area contributed by atoms with E-state index in [4.69, 9.17) is 0 Å². The normalized spacial score (nSPS) is 16.4. The molecular formula is C26H28N4O3S. The van der Waals surface area contributed by atoms with Crippen molar-refractivity contribution in [1.29, 1.82) is 0 Å². The first kappa shape index (κ1) is 22.7. The van der Waals surface area contributed by atoms with Crippen molar-refractivity contribution in [3.05, 3.63) is 66.0 Å². The molecule has 1 fully saturated rings. The molecule has 176 valence electrons. The van der Waals surface area contributed by atoms with Crippen molar-refractivity contribution in [2.24, 2.45) is 0 Å². The van der Waals surface area contributed by atoms with E-state index in [9.17, 15) is 14.1 Å². The third-order valence-corrected chi connectivity index (χ3v) is 8.08. The third-order valence-electron chi connectivity index (χ3n) is 6.78. The molecule has 1 spiro atoms. The highest BCUT2D eigenvalue weighted by molar-refractivity contribution is 7.85. The van der Waals surface area contributed by atoms with Crippen LogP contribution in [0.5, 0.6) is 0 Å². The van der Waals surface area contributed by atoms with Gasteiger partial charge in [-0.3, -0.25) is 9.00 Å². The monoisotopic (exact) mass is 476 g/mol. The van der Waals surface area contributed by atoms with Crippen LogP contribution in [0.3, 0.4) is 0 Å². The second kappa shape index (κ2) is 8.92. The van der Waals surface area contributed by atoms with E-state index in [-0.39, 0.29) is 17.9 Å². The van der Waals surface area contributed by atoms with Gasteiger partial charge in [-0.15, -0.1) is 0 Å². The van der Waals surface area contributed by atoms with Crippen LogP contribution in [-0.2, 0) is 16.2 Å². The lowest BCUT2D eigenvalue weighted by Crippen LogP contribution is -2.29. The standard InChI is InChI=1S/C26H28N4O3S/c1-3-34(33)21-6-4-5-18(13-21)20-15-27-25(28-16-20)30-17-26(9-10-26)22-8-7-19(14-23(22)30)24(32)29(2)11-12-31/h4-8,13-16,31H,3,9-12,17H2,1-2H3. The van der Waals surface area contributed by atoms with Gasteiger partial charge in [-0.25, -0.2) is 9.97 Å².